The van der Waals surface area contributed by atoms with Gasteiger partial charge in [0.1, 0.15) is 5.69 Å². The number of anilines is 2. The number of thiazole rings is 1. The largest absolute Gasteiger partial charge is 0.375 e. The van der Waals surface area contributed by atoms with E-state index in [1.165, 1.54) is 11.3 Å². The molecule has 8 heteroatoms. The van der Waals surface area contributed by atoms with Gasteiger partial charge in [-0.2, -0.15) is 0 Å². The Morgan fingerprint density at radius 1 is 1.27 bits per heavy atom. The molecule has 0 radical (unpaired) electrons. The van der Waals surface area contributed by atoms with E-state index in [9.17, 15) is 10.1 Å². The van der Waals surface area contributed by atoms with E-state index in [0.717, 1.165) is 37.6 Å². The van der Waals surface area contributed by atoms with E-state index in [2.05, 4.69) is 14.8 Å². The molecule has 0 aliphatic carbocycles. The number of hydrogen-bond donors (Lipinski definition) is 1. The van der Waals surface area contributed by atoms with Crippen molar-refractivity contribution in [2.75, 3.05) is 36.8 Å². The molecule has 3 rings (SSSR count). The topological polar surface area (TPSA) is 88.5 Å². The monoisotopic (exact) mass is 319 g/mol. The Morgan fingerprint density at radius 2 is 2.00 bits per heavy atom. The average molecular weight is 319 g/mol. The molecule has 0 spiro atoms. The van der Waals surface area contributed by atoms with Gasteiger partial charge in [-0.3, -0.25) is 15.0 Å². The molecule has 1 fully saturated rings. The van der Waals surface area contributed by atoms with Gasteiger partial charge >= 0.3 is 0 Å². The van der Waals surface area contributed by atoms with Crippen LogP contribution in [-0.4, -0.2) is 41.0 Å². The van der Waals surface area contributed by atoms with Crippen LogP contribution in [0.1, 0.15) is 4.88 Å². The van der Waals surface area contributed by atoms with Crippen molar-refractivity contribution in [2.24, 2.45) is 0 Å². The van der Waals surface area contributed by atoms with E-state index in [0.29, 0.717) is 10.8 Å². The second-order valence-electron chi connectivity index (χ2n) is 5.17. The Hall–Kier alpha value is -2.19. The maximum absolute atomic E-state index is 11.1. The number of aromatic nitrogens is 1. The number of benzene rings is 1. The number of rotatable bonds is 4. The number of piperazine rings is 1. The predicted molar refractivity (Wildman–Crippen MR) is 87.1 cm³/mol. The summed E-state index contributed by atoms with van der Waals surface area (Å²) in [6, 6.07) is 6.92. The summed E-state index contributed by atoms with van der Waals surface area (Å²) in [5.74, 6) is 0. The molecule has 116 valence electrons. The maximum Gasteiger partial charge on any atom is 0.292 e. The fraction of sp³-hybridized carbons (Fsp3) is 0.357. The molecule has 1 saturated heterocycles. The Kier molecular flexibility index (Phi) is 4.21. The molecular weight excluding hydrogens is 302 g/mol. The Bertz CT molecular complexity index is 667. The number of para-hydroxylation sites is 2. The quantitative estimate of drug-likeness (QED) is 0.684. The molecule has 2 aromatic rings. The fourth-order valence-corrected chi connectivity index (χ4v) is 3.38. The van der Waals surface area contributed by atoms with Crippen LogP contribution in [0.15, 0.2) is 30.5 Å². The predicted octanol–water partition coefficient (Wildman–Crippen LogP) is 1.96. The molecule has 0 atom stereocenters. The normalized spacial score (nSPS) is 15.9. The minimum Gasteiger partial charge on any atom is -0.375 e. The van der Waals surface area contributed by atoms with Crippen molar-refractivity contribution in [3.63, 3.8) is 0 Å². The molecule has 22 heavy (non-hydrogen) atoms. The molecule has 7 nitrogen and oxygen atoms in total. The van der Waals surface area contributed by atoms with Crippen LogP contribution in [0.4, 0.5) is 16.5 Å². The van der Waals surface area contributed by atoms with Crippen LogP contribution in [0, 0.1) is 10.1 Å². The SMILES string of the molecule is Nc1ncc(CN2CCN(c3ccccc3[N+](=O)[O-])CC2)s1. The van der Waals surface area contributed by atoms with Crippen molar-refractivity contribution in [1.82, 2.24) is 9.88 Å². The fourth-order valence-electron chi connectivity index (χ4n) is 2.65. The van der Waals surface area contributed by atoms with Crippen LogP contribution < -0.4 is 10.6 Å². The van der Waals surface area contributed by atoms with Gasteiger partial charge in [-0.1, -0.05) is 12.1 Å². The minimum atomic E-state index is -0.318. The van der Waals surface area contributed by atoms with Gasteiger partial charge in [0.25, 0.3) is 5.69 Å². The lowest BCUT2D eigenvalue weighted by molar-refractivity contribution is -0.384. The van der Waals surface area contributed by atoms with Gasteiger partial charge in [-0.25, -0.2) is 4.98 Å². The lowest BCUT2D eigenvalue weighted by Gasteiger charge is -2.35. The summed E-state index contributed by atoms with van der Waals surface area (Å²) in [6.45, 7) is 4.12. The standard InChI is InChI=1S/C14H17N5O2S/c15-14-16-9-11(22-14)10-17-5-7-18(8-6-17)12-3-1-2-4-13(12)19(20)21/h1-4,9H,5-8,10H2,(H2,15,16). The van der Waals surface area contributed by atoms with Crippen LogP contribution in [-0.2, 0) is 6.54 Å². The van der Waals surface area contributed by atoms with E-state index in [4.69, 9.17) is 5.73 Å². The zero-order valence-electron chi connectivity index (χ0n) is 12.0. The average Bonchev–Trinajstić information content (AvgIpc) is 2.93. The molecule has 1 aliphatic rings. The smallest absolute Gasteiger partial charge is 0.292 e. The van der Waals surface area contributed by atoms with Crippen molar-refractivity contribution in [3.05, 3.63) is 45.5 Å². The second-order valence-corrected chi connectivity index (χ2v) is 6.32. The minimum absolute atomic E-state index is 0.172. The molecule has 0 amide bonds. The van der Waals surface area contributed by atoms with Crippen molar-refractivity contribution in [2.45, 2.75) is 6.54 Å². The zero-order chi connectivity index (χ0) is 15.5. The number of nitrogens with two attached hydrogens (primary N) is 1. The summed E-state index contributed by atoms with van der Waals surface area (Å²) in [4.78, 5) is 20.4. The first-order chi connectivity index (χ1) is 10.6. The van der Waals surface area contributed by atoms with Crippen molar-refractivity contribution in [3.8, 4) is 0 Å². The number of nitro benzene ring substituents is 1. The van der Waals surface area contributed by atoms with E-state index < -0.39 is 0 Å². The van der Waals surface area contributed by atoms with Crippen LogP contribution >= 0.6 is 11.3 Å². The Balaban J connectivity index is 1.63. The summed E-state index contributed by atoms with van der Waals surface area (Å²) in [6.07, 6.45) is 1.81. The summed E-state index contributed by atoms with van der Waals surface area (Å²) in [7, 11) is 0. The molecule has 2 heterocycles. The highest BCUT2D eigenvalue weighted by molar-refractivity contribution is 7.15. The first-order valence-corrected chi connectivity index (χ1v) is 7.86. The van der Waals surface area contributed by atoms with Crippen molar-refractivity contribution < 1.29 is 4.92 Å². The highest BCUT2D eigenvalue weighted by atomic mass is 32.1. The van der Waals surface area contributed by atoms with Gasteiger partial charge in [0.05, 0.1) is 4.92 Å². The number of nitrogen functional groups attached to an aromatic ring is 1. The van der Waals surface area contributed by atoms with Gasteiger partial charge in [-0.05, 0) is 6.07 Å². The van der Waals surface area contributed by atoms with Crippen LogP contribution in [0.3, 0.4) is 0 Å². The first-order valence-electron chi connectivity index (χ1n) is 7.04. The van der Waals surface area contributed by atoms with Gasteiger partial charge in [-0.15, -0.1) is 11.3 Å². The second kappa shape index (κ2) is 6.29. The van der Waals surface area contributed by atoms with Gasteiger partial charge in [0.2, 0.25) is 0 Å². The summed E-state index contributed by atoms with van der Waals surface area (Å²) >= 11 is 1.51. The molecule has 2 N–H and O–H groups in total. The zero-order valence-corrected chi connectivity index (χ0v) is 12.8. The van der Waals surface area contributed by atoms with Crippen LogP contribution in [0.25, 0.3) is 0 Å². The highest BCUT2D eigenvalue weighted by Crippen LogP contribution is 2.28. The van der Waals surface area contributed by atoms with Gasteiger partial charge in [0.15, 0.2) is 5.13 Å². The summed E-state index contributed by atoms with van der Waals surface area (Å²) < 4.78 is 0. The molecular formula is C14H17N5O2S. The lowest BCUT2D eigenvalue weighted by atomic mass is 10.2. The third-order valence-electron chi connectivity index (χ3n) is 3.74. The third-order valence-corrected chi connectivity index (χ3v) is 4.55. The molecule has 1 aromatic carbocycles. The summed E-state index contributed by atoms with van der Waals surface area (Å²) in [5, 5.41) is 11.7. The Labute approximate surface area is 132 Å². The molecule has 1 aromatic heterocycles. The van der Waals surface area contributed by atoms with E-state index in [1.807, 2.05) is 18.3 Å². The molecule has 0 bridgehead atoms. The number of nitro groups is 1. The van der Waals surface area contributed by atoms with Gasteiger partial charge < -0.3 is 10.6 Å². The maximum atomic E-state index is 11.1. The third kappa shape index (κ3) is 3.18. The summed E-state index contributed by atoms with van der Waals surface area (Å²) in [5.41, 5.74) is 6.52. The number of nitrogens with zero attached hydrogens (tertiary/aromatic N) is 4. The van der Waals surface area contributed by atoms with Crippen LogP contribution in [0.2, 0.25) is 0 Å². The molecule has 1 aliphatic heterocycles. The Morgan fingerprint density at radius 3 is 2.64 bits per heavy atom. The molecule has 0 saturated carbocycles. The lowest BCUT2D eigenvalue weighted by Crippen LogP contribution is -2.46. The molecule has 0 unspecified atom stereocenters. The highest BCUT2D eigenvalue weighted by Gasteiger charge is 2.23. The van der Waals surface area contributed by atoms with Crippen molar-refractivity contribution in [1.29, 1.82) is 0 Å². The van der Waals surface area contributed by atoms with E-state index >= 15 is 0 Å². The van der Waals surface area contributed by atoms with E-state index in [-0.39, 0.29) is 10.6 Å². The van der Waals surface area contributed by atoms with Crippen LogP contribution in [0.5, 0.6) is 0 Å². The van der Waals surface area contributed by atoms with E-state index in [1.54, 1.807) is 12.1 Å². The van der Waals surface area contributed by atoms with Gasteiger partial charge in [0, 0.05) is 49.9 Å². The van der Waals surface area contributed by atoms with Crippen molar-refractivity contribution >= 4 is 27.8 Å². The number of hydrogen-bond acceptors (Lipinski definition) is 7. The first kappa shape index (κ1) is 14.7.